The molecule has 136 valence electrons. The molecule has 1 fully saturated rings. The zero-order valence-corrected chi connectivity index (χ0v) is 14.2. The predicted octanol–water partition coefficient (Wildman–Crippen LogP) is 2.80. The van der Waals surface area contributed by atoms with Crippen molar-refractivity contribution < 1.29 is 19.2 Å². The molecule has 26 heavy (non-hydrogen) atoms. The summed E-state index contributed by atoms with van der Waals surface area (Å²) >= 11 is 0. The maximum atomic E-state index is 12.4. The highest BCUT2D eigenvalue weighted by Gasteiger charge is 2.37. The molecule has 1 N–H and O–H groups in total. The van der Waals surface area contributed by atoms with Gasteiger partial charge in [-0.1, -0.05) is 30.3 Å². The van der Waals surface area contributed by atoms with Gasteiger partial charge in [-0.05, 0) is 30.8 Å². The Morgan fingerprint density at radius 1 is 1.08 bits per heavy atom. The van der Waals surface area contributed by atoms with Crippen LogP contribution in [0.5, 0.6) is 5.75 Å². The highest BCUT2D eigenvalue weighted by atomic mass is 16.6. The minimum atomic E-state index is -0.650. The Labute approximate surface area is 151 Å². The van der Waals surface area contributed by atoms with Crippen molar-refractivity contribution in [3.05, 3.63) is 70.3 Å². The molecule has 0 radical (unpaired) electrons. The zero-order chi connectivity index (χ0) is 18.4. The van der Waals surface area contributed by atoms with E-state index in [9.17, 15) is 14.9 Å². The van der Waals surface area contributed by atoms with Crippen molar-refractivity contribution in [1.82, 2.24) is 5.32 Å². The smallest absolute Gasteiger partial charge is 0.345 e. The lowest BCUT2D eigenvalue weighted by atomic mass is 9.85. The maximum Gasteiger partial charge on any atom is 0.345 e. The number of nitrogens with one attached hydrogen (secondary N) is 1. The van der Waals surface area contributed by atoms with Gasteiger partial charge in [-0.25, -0.2) is 4.79 Å². The van der Waals surface area contributed by atoms with Gasteiger partial charge in [0.25, 0.3) is 5.69 Å². The highest BCUT2D eigenvalue weighted by Crippen LogP contribution is 2.35. The fourth-order valence-corrected chi connectivity index (χ4v) is 3.08. The molecule has 0 amide bonds. The Balaban J connectivity index is 1.64. The third kappa shape index (κ3) is 4.18. The van der Waals surface area contributed by atoms with Crippen LogP contribution in [0.1, 0.15) is 18.4 Å². The van der Waals surface area contributed by atoms with Crippen molar-refractivity contribution in [3.63, 3.8) is 0 Å². The number of benzene rings is 2. The number of esters is 1. The van der Waals surface area contributed by atoms with E-state index in [1.54, 1.807) is 0 Å². The normalized spacial score (nSPS) is 15.8. The summed E-state index contributed by atoms with van der Waals surface area (Å²) in [6, 6.07) is 15.3. The first kappa shape index (κ1) is 17.9. The summed E-state index contributed by atoms with van der Waals surface area (Å²) in [5.74, 6) is -0.0827. The second-order valence-corrected chi connectivity index (χ2v) is 6.12. The molecular formula is C19H20N2O5. The standard InChI is InChI=1S/C19H20N2O5/c22-18(14-25-17-8-6-16(7-9-17)21(23)24)26-19(10-12-20-13-11-19)15-4-2-1-3-5-15/h1-9,20H,10-14H2. The minimum absolute atomic E-state index is 0.0299. The molecule has 7 heteroatoms. The first-order chi connectivity index (χ1) is 12.6. The number of hydrogen-bond acceptors (Lipinski definition) is 6. The third-order valence-electron chi connectivity index (χ3n) is 4.42. The number of non-ortho nitro benzene ring substituents is 1. The van der Waals surface area contributed by atoms with Crippen LogP contribution in [0.15, 0.2) is 54.6 Å². The van der Waals surface area contributed by atoms with Gasteiger partial charge in [0.1, 0.15) is 11.4 Å². The molecule has 2 aromatic carbocycles. The molecule has 0 aliphatic carbocycles. The Morgan fingerprint density at radius 2 is 1.73 bits per heavy atom. The summed E-state index contributed by atoms with van der Waals surface area (Å²) in [5, 5.41) is 13.9. The van der Waals surface area contributed by atoms with Gasteiger partial charge in [0.15, 0.2) is 6.61 Å². The summed E-state index contributed by atoms with van der Waals surface area (Å²) in [6.45, 7) is 1.29. The lowest BCUT2D eigenvalue weighted by molar-refractivity contribution is -0.384. The summed E-state index contributed by atoms with van der Waals surface area (Å²) < 4.78 is 11.2. The molecule has 3 rings (SSSR count). The quantitative estimate of drug-likeness (QED) is 0.486. The second-order valence-electron chi connectivity index (χ2n) is 6.12. The molecule has 0 saturated carbocycles. The van der Waals surface area contributed by atoms with Crippen LogP contribution < -0.4 is 10.1 Å². The van der Waals surface area contributed by atoms with Crippen LogP contribution >= 0.6 is 0 Å². The van der Waals surface area contributed by atoms with Crippen LogP contribution in [-0.4, -0.2) is 30.6 Å². The number of hydrogen-bond donors (Lipinski definition) is 1. The van der Waals surface area contributed by atoms with E-state index in [4.69, 9.17) is 9.47 Å². The summed E-state index contributed by atoms with van der Waals surface area (Å²) in [5.41, 5.74) is 0.297. The second kappa shape index (κ2) is 7.97. The van der Waals surface area contributed by atoms with E-state index in [0.29, 0.717) is 18.6 Å². The van der Waals surface area contributed by atoms with E-state index >= 15 is 0 Å². The molecule has 1 heterocycles. The van der Waals surface area contributed by atoms with Crippen molar-refractivity contribution >= 4 is 11.7 Å². The van der Waals surface area contributed by atoms with Gasteiger partial charge < -0.3 is 14.8 Å². The molecule has 1 aliphatic rings. The van der Waals surface area contributed by atoms with E-state index < -0.39 is 16.5 Å². The fourth-order valence-electron chi connectivity index (χ4n) is 3.08. The molecule has 0 aromatic heterocycles. The van der Waals surface area contributed by atoms with Gasteiger partial charge in [0.05, 0.1) is 4.92 Å². The van der Waals surface area contributed by atoms with Crippen LogP contribution in [-0.2, 0) is 15.1 Å². The molecule has 0 bridgehead atoms. The van der Waals surface area contributed by atoms with Crippen LogP contribution in [0.2, 0.25) is 0 Å². The van der Waals surface area contributed by atoms with Gasteiger partial charge >= 0.3 is 5.97 Å². The first-order valence-corrected chi connectivity index (χ1v) is 8.44. The maximum absolute atomic E-state index is 12.4. The van der Waals surface area contributed by atoms with Crippen molar-refractivity contribution in [2.45, 2.75) is 18.4 Å². The Bertz CT molecular complexity index is 755. The number of nitro benzene ring substituents is 1. The van der Waals surface area contributed by atoms with Crippen LogP contribution in [0.4, 0.5) is 5.69 Å². The number of ether oxygens (including phenoxy) is 2. The summed E-state index contributed by atoms with van der Waals surface area (Å²) in [4.78, 5) is 22.5. The average Bonchev–Trinajstić information content (AvgIpc) is 2.68. The van der Waals surface area contributed by atoms with E-state index in [2.05, 4.69) is 5.32 Å². The fraction of sp³-hybridized carbons (Fsp3) is 0.316. The van der Waals surface area contributed by atoms with Crippen molar-refractivity contribution in [3.8, 4) is 5.75 Å². The van der Waals surface area contributed by atoms with E-state index in [1.807, 2.05) is 30.3 Å². The lowest BCUT2D eigenvalue weighted by Gasteiger charge is -2.37. The number of carbonyl (C=O) groups excluding carboxylic acids is 1. The Hall–Kier alpha value is -2.93. The van der Waals surface area contributed by atoms with E-state index in [-0.39, 0.29) is 12.3 Å². The lowest BCUT2D eigenvalue weighted by Crippen LogP contribution is -2.43. The van der Waals surface area contributed by atoms with E-state index in [0.717, 1.165) is 18.7 Å². The predicted molar refractivity (Wildman–Crippen MR) is 94.9 cm³/mol. The van der Waals surface area contributed by atoms with Crippen molar-refractivity contribution in [2.75, 3.05) is 19.7 Å². The van der Waals surface area contributed by atoms with Crippen molar-refractivity contribution in [2.24, 2.45) is 0 Å². The molecular weight excluding hydrogens is 336 g/mol. The van der Waals surface area contributed by atoms with Crippen LogP contribution in [0.25, 0.3) is 0 Å². The van der Waals surface area contributed by atoms with Crippen LogP contribution in [0.3, 0.4) is 0 Å². The Kier molecular flexibility index (Phi) is 5.48. The number of piperidine rings is 1. The van der Waals surface area contributed by atoms with Crippen molar-refractivity contribution in [1.29, 1.82) is 0 Å². The molecule has 1 saturated heterocycles. The zero-order valence-electron chi connectivity index (χ0n) is 14.2. The van der Waals surface area contributed by atoms with Gasteiger partial charge in [-0.15, -0.1) is 0 Å². The van der Waals surface area contributed by atoms with E-state index in [1.165, 1.54) is 24.3 Å². The summed E-state index contributed by atoms with van der Waals surface area (Å²) in [6.07, 6.45) is 1.39. The molecule has 0 spiro atoms. The number of nitro groups is 1. The Morgan fingerprint density at radius 3 is 2.35 bits per heavy atom. The third-order valence-corrected chi connectivity index (χ3v) is 4.42. The molecule has 1 aliphatic heterocycles. The summed E-state index contributed by atoms with van der Waals surface area (Å²) in [7, 11) is 0. The highest BCUT2D eigenvalue weighted by molar-refractivity contribution is 5.72. The van der Waals surface area contributed by atoms with Gasteiger partial charge in [0, 0.05) is 25.0 Å². The van der Waals surface area contributed by atoms with Gasteiger partial charge in [-0.2, -0.15) is 0 Å². The number of nitrogens with zero attached hydrogens (tertiary/aromatic N) is 1. The number of carbonyl (C=O) groups is 1. The van der Waals surface area contributed by atoms with Gasteiger partial charge in [-0.3, -0.25) is 10.1 Å². The topological polar surface area (TPSA) is 90.7 Å². The van der Waals surface area contributed by atoms with Crippen LogP contribution in [0, 0.1) is 10.1 Å². The average molecular weight is 356 g/mol. The first-order valence-electron chi connectivity index (χ1n) is 8.44. The monoisotopic (exact) mass is 356 g/mol. The minimum Gasteiger partial charge on any atom is -0.482 e. The molecule has 2 aromatic rings. The molecule has 7 nitrogen and oxygen atoms in total. The largest absolute Gasteiger partial charge is 0.482 e. The molecule has 0 atom stereocenters. The van der Waals surface area contributed by atoms with Gasteiger partial charge in [0.2, 0.25) is 0 Å². The number of rotatable bonds is 6. The SMILES string of the molecule is O=C(COc1ccc([N+](=O)[O-])cc1)OC1(c2ccccc2)CCNCC1. The molecule has 0 unspecified atom stereocenters.